The molecule has 0 N–H and O–H groups in total. The van der Waals surface area contributed by atoms with Gasteiger partial charge in [-0.2, -0.15) is 0 Å². The lowest BCUT2D eigenvalue weighted by molar-refractivity contribution is 0.568. The van der Waals surface area contributed by atoms with Gasteiger partial charge in [0.2, 0.25) is 0 Å². The van der Waals surface area contributed by atoms with Gasteiger partial charge in [-0.3, -0.25) is 0 Å². The third kappa shape index (κ3) is 0.907. The maximum Gasteiger partial charge on any atom is 0.132 e. The Morgan fingerprint density at radius 2 is 2.29 bits per heavy atom. The number of hydrogen-bond acceptors (Lipinski definition) is 2. The molecule has 0 saturated carbocycles. The average molecular weight is 189 g/mol. The van der Waals surface area contributed by atoms with Crippen molar-refractivity contribution in [2.24, 2.45) is 0 Å². The minimum Gasteiger partial charge on any atom is -0.244 e. The van der Waals surface area contributed by atoms with Gasteiger partial charge in [0, 0.05) is 12.1 Å². The molecule has 0 amide bonds. The van der Waals surface area contributed by atoms with E-state index in [1.165, 1.54) is 6.07 Å². The maximum atomic E-state index is 13.6. The van der Waals surface area contributed by atoms with E-state index < -0.39 is 0 Å². The van der Waals surface area contributed by atoms with Crippen molar-refractivity contribution >= 4 is 0 Å². The van der Waals surface area contributed by atoms with Gasteiger partial charge in [-0.25, -0.2) is 9.07 Å². The predicted molar refractivity (Wildman–Crippen MR) is 49.1 cm³/mol. The van der Waals surface area contributed by atoms with Crippen LogP contribution in [-0.4, -0.2) is 15.0 Å². The first-order valence-corrected chi connectivity index (χ1v) is 4.52. The standard InChI is InChI=1S/C10H8FN3/c11-8-3-1-2-7-4-5-14-9(10(7)8)6-12-13-14/h1-3,6H,4-5H2. The largest absolute Gasteiger partial charge is 0.244 e. The van der Waals surface area contributed by atoms with Crippen LogP contribution in [0.25, 0.3) is 11.3 Å². The van der Waals surface area contributed by atoms with Crippen LogP contribution in [0.4, 0.5) is 4.39 Å². The maximum absolute atomic E-state index is 13.6. The predicted octanol–water partition coefficient (Wildman–Crippen LogP) is 1.64. The van der Waals surface area contributed by atoms with Crippen molar-refractivity contribution in [2.75, 3.05) is 0 Å². The topological polar surface area (TPSA) is 30.7 Å². The van der Waals surface area contributed by atoms with Crippen molar-refractivity contribution in [3.63, 3.8) is 0 Å². The fourth-order valence-corrected chi connectivity index (χ4v) is 1.91. The number of fused-ring (bicyclic) bond motifs is 3. The molecule has 0 spiro atoms. The molecule has 1 aliphatic rings. The molecule has 0 saturated heterocycles. The smallest absolute Gasteiger partial charge is 0.132 e. The number of aromatic nitrogens is 3. The molecule has 0 bridgehead atoms. The van der Waals surface area contributed by atoms with Crippen LogP contribution in [-0.2, 0) is 13.0 Å². The fraction of sp³-hybridized carbons (Fsp3) is 0.200. The molecule has 70 valence electrons. The number of halogens is 1. The summed E-state index contributed by atoms with van der Waals surface area (Å²) < 4.78 is 15.3. The van der Waals surface area contributed by atoms with Gasteiger partial charge in [-0.05, 0) is 18.1 Å². The second kappa shape index (κ2) is 2.64. The van der Waals surface area contributed by atoms with Gasteiger partial charge in [0.1, 0.15) is 5.82 Å². The highest BCUT2D eigenvalue weighted by Crippen LogP contribution is 2.30. The van der Waals surface area contributed by atoms with E-state index in [1.54, 1.807) is 16.9 Å². The van der Waals surface area contributed by atoms with Crippen LogP contribution >= 0.6 is 0 Å². The van der Waals surface area contributed by atoms with Crippen LogP contribution in [0.15, 0.2) is 24.4 Å². The minimum absolute atomic E-state index is 0.189. The van der Waals surface area contributed by atoms with Crippen molar-refractivity contribution in [1.29, 1.82) is 0 Å². The van der Waals surface area contributed by atoms with Crippen LogP contribution in [0.3, 0.4) is 0 Å². The summed E-state index contributed by atoms with van der Waals surface area (Å²) in [6.45, 7) is 0.784. The molecule has 0 fully saturated rings. The Morgan fingerprint density at radius 1 is 1.36 bits per heavy atom. The second-order valence-electron chi connectivity index (χ2n) is 3.37. The van der Waals surface area contributed by atoms with Crippen molar-refractivity contribution in [2.45, 2.75) is 13.0 Å². The van der Waals surface area contributed by atoms with E-state index in [-0.39, 0.29) is 5.82 Å². The summed E-state index contributed by atoms with van der Waals surface area (Å²) in [5.74, 6) is -0.189. The Morgan fingerprint density at radius 3 is 3.21 bits per heavy atom. The molecule has 3 nitrogen and oxygen atoms in total. The van der Waals surface area contributed by atoms with Crippen LogP contribution in [0.2, 0.25) is 0 Å². The summed E-state index contributed by atoms with van der Waals surface area (Å²) in [7, 11) is 0. The molecule has 1 aromatic carbocycles. The summed E-state index contributed by atoms with van der Waals surface area (Å²) in [4.78, 5) is 0. The van der Waals surface area contributed by atoms with Crippen LogP contribution < -0.4 is 0 Å². The van der Waals surface area contributed by atoms with Crippen molar-refractivity contribution in [3.05, 3.63) is 35.8 Å². The normalized spacial score (nSPS) is 13.5. The zero-order valence-corrected chi connectivity index (χ0v) is 7.44. The highest BCUT2D eigenvalue weighted by molar-refractivity contribution is 5.65. The number of nitrogens with zero attached hydrogens (tertiary/aromatic N) is 3. The van der Waals surface area contributed by atoms with Crippen LogP contribution in [0, 0.1) is 5.82 Å². The van der Waals surface area contributed by atoms with Gasteiger partial charge in [-0.1, -0.05) is 17.3 Å². The third-order valence-corrected chi connectivity index (χ3v) is 2.57. The van der Waals surface area contributed by atoms with Gasteiger partial charge in [0.15, 0.2) is 0 Å². The Labute approximate surface area is 80.2 Å². The Kier molecular flexibility index (Phi) is 1.45. The molecule has 14 heavy (non-hydrogen) atoms. The molecule has 4 heteroatoms. The molecule has 2 heterocycles. The van der Waals surface area contributed by atoms with E-state index in [2.05, 4.69) is 10.3 Å². The summed E-state index contributed by atoms with van der Waals surface area (Å²) in [5, 5.41) is 7.69. The lowest BCUT2D eigenvalue weighted by Gasteiger charge is -2.16. The van der Waals surface area contributed by atoms with E-state index in [1.807, 2.05) is 6.07 Å². The second-order valence-corrected chi connectivity index (χ2v) is 3.37. The lowest BCUT2D eigenvalue weighted by Crippen LogP contribution is -2.12. The molecule has 3 rings (SSSR count). The van der Waals surface area contributed by atoms with E-state index in [0.29, 0.717) is 5.56 Å². The Balaban J connectivity index is 2.34. The SMILES string of the molecule is Fc1cccc2c1-c1cnnn1CC2. The number of aryl methyl sites for hydroxylation is 2. The monoisotopic (exact) mass is 189 g/mol. The van der Waals surface area contributed by atoms with E-state index in [9.17, 15) is 4.39 Å². The summed E-state index contributed by atoms with van der Waals surface area (Å²) >= 11 is 0. The third-order valence-electron chi connectivity index (χ3n) is 2.57. The van der Waals surface area contributed by atoms with Gasteiger partial charge in [-0.15, -0.1) is 5.10 Å². The number of benzene rings is 1. The van der Waals surface area contributed by atoms with Crippen molar-refractivity contribution in [1.82, 2.24) is 15.0 Å². The molecule has 1 aliphatic heterocycles. The molecule has 0 aliphatic carbocycles. The summed E-state index contributed by atoms with van der Waals surface area (Å²) in [6, 6.07) is 5.17. The van der Waals surface area contributed by atoms with Crippen molar-refractivity contribution < 1.29 is 4.39 Å². The van der Waals surface area contributed by atoms with E-state index in [0.717, 1.165) is 24.2 Å². The Bertz CT molecular complexity index is 490. The zero-order valence-electron chi connectivity index (χ0n) is 7.44. The number of rotatable bonds is 0. The van der Waals surface area contributed by atoms with Gasteiger partial charge < -0.3 is 0 Å². The highest BCUT2D eigenvalue weighted by Gasteiger charge is 2.19. The highest BCUT2D eigenvalue weighted by atomic mass is 19.1. The molecular formula is C10H8FN3. The summed E-state index contributed by atoms with van der Waals surface area (Å²) in [6.07, 6.45) is 2.44. The fourth-order valence-electron chi connectivity index (χ4n) is 1.91. The molecule has 0 radical (unpaired) electrons. The van der Waals surface area contributed by atoms with Gasteiger partial charge in [0.05, 0.1) is 11.9 Å². The minimum atomic E-state index is -0.189. The Hall–Kier alpha value is -1.71. The van der Waals surface area contributed by atoms with Crippen LogP contribution in [0.5, 0.6) is 0 Å². The molecule has 1 aromatic heterocycles. The van der Waals surface area contributed by atoms with E-state index >= 15 is 0 Å². The van der Waals surface area contributed by atoms with E-state index in [4.69, 9.17) is 0 Å². The first-order valence-electron chi connectivity index (χ1n) is 4.52. The van der Waals surface area contributed by atoms with Crippen molar-refractivity contribution in [3.8, 4) is 11.3 Å². The number of hydrogen-bond donors (Lipinski definition) is 0. The lowest BCUT2D eigenvalue weighted by atomic mass is 9.99. The average Bonchev–Trinajstić information content (AvgIpc) is 2.65. The quantitative estimate of drug-likeness (QED) is 0.630. The zero-order chi connectivity index (χ0) is 9.54. The molecule has 0 unspecified atom stereocenters. The summed E-state index contributed by atoms with van der Waals surface area (Å²) in [5.41, 5.74) is 2.48. The van der Waals surface area contributed by atoms with Crippen LogP contribution in [0.1, 0.15) is 5.56 Å². The first-order chi connectivity index (χ1) is 6.86. The molecular weight excluding hydrogens is 181 g/mol. The first kappa shape index (κ1) is 7.67. The molecule has 2 aromatic rings. The van der Waals surface area contributed by atoms with Gasteiger partial charge in [0.25, 0.3) is 0 Å². The molecule has 0 atom stereocenters. The van der Waals surface area contributed by atoms with Gasteiger partial charge >= 0.3 is 0 Å².